The molecule has 1 saturated heterocycles. The van der Waals surface area contributed by atoms with E-state index in [1.807, 2.05) is 12.1 Å². The van der Waals surface area contributed by atoms with Gasteiger partial charge in [0.2, 0.25) is 0 Å². The Balaban J connectivity index is 2.03. The maximum Gasteiger partial charge on any atom is 0.328 e. The first-order valence-corrected chi connectivity index (χ1v) is 8.07. The number of carboxylic acid groups (broad SMARTS) is 1. The minimum atomic E-state index is -0.928. The van der Waals surface area contributed by atoms with E-state index in [1.165, 1.54) is 18.7 Å². The van der Waals surface area contributed by atoms with E-state index < -0.39 is 5.97 Å². The highest BCUT2D eigenvalue weighted by Gasteiger charge is 2.18. The Morgan fingerprint density at radius 1 is 1.33 bits per heavy atom. The first kappa shape index (κ1) is 16.0. The maximum absolute atomic E-state index is 10.5. The number of anilines is 1. The Kier molecular flexibility index (Phi) is 5.82. The van der Waals surface area contributed by atoms with E-state index >= 15 is 0 Å². The second-order valence-electron chi connectivity index (χ2n) is 5.21. The summed E-state index contributed by atoms with van der Waals surface area (Å²) < 4.78 is 1.01. The van der Waals surface area contributed by atoms with Gasteiger partial charge < -0.3 is 10.0 Å². The van der Waals surface area contributed by atoms with Gasteiger partial charge in [-0.25, -0.2) is 4.79 Å². The monoisotopic (exact) mass is 352 g/mol. The average molecular weight is 353 g/mol. The van der Waals surface area contributed by atoms with Gasteiger partial charge in [0.05, 0.1) is 5.69 Å². The minimum absolute atomic E-state index is 0.887. The molecule has 0 bridgehead atoms. The van der Waals surface area contributed by atoms with Crippen molar-refractivity contribution in [1.29, 1.82) is 0 Å². The second-order valence-corrected chi connectivity index (χ2v) is 6.07. The van der Waals surface area contributed by atoms with Crippen LogP contribution in [0.2, 0.25) is 0 Å². The lowest BCUT2D eigenvalue weighted by Gasteiger charge is -2.36. The molecule has 1 fully saturated rings. The number of carboxylic acids is 1. The molecule has 1 heterocycles. The van der Waals surface area contributed by atoms with Crippen molar-refractivity contribution in [3.05, 3.63) is 34.3 Å². The number of halogens is 1. The van der Waals surface area contributed by atoms with E-state index in [0.29, 0.717) is 0 Å². The van der Waals surface area contributed by atoms with Crippen LogP contribution in [0.4, 0.5) is 5.69 Å². The number of hydrogen-bond acceptors (Lipinski definition) is 3. The molecule has 5 heteroatoms. The summed E-state index contributed by atoms with van der Waals surface area (Å²) in [5, 5.41) is 8.66. The van der Waals surface area contributed by atoms with Gasteiger partial charge in [0, 0.05) is 36.7 Å². The third-order valence-electron chi connectivity index (χ3n) is 3.64. The highest BCUT2D eigenvalue weighted by Crippen LogP contribution is 2.28. The zero-order valence-corrected chi connectivity index (χ0v) is 13.8. The molecule has 0 aliphatic carbocycles. The smallest absolute Gasteiger partial charge is 0.328 e. The molecule has 2 rings (SSSR count). The summed E-state index contributed by atoms with van der Waals surface area (Å²) in [7, 11) is 0. The molecule has 1 N–H and O–H groups in total. The molecule has 1 aliphatic heterocycles. The van der Waals surface area contributed by atoms with E-state index in [4.69, 9.17) is 5.11 Å². The fraction of sp³-hybridized carbons (Fsp3) is 0.438. The van der Waals surface area contributed by atoms with Crippen molar-refractivity contribution in [2.24, 2.45) is 0 Å². The van der Waals surface area contributed by atoms with Gasteiger partial charge in [0.15, 0.2) is 0 Å². The molecule has 0 amide bonds. The zero-order valence-electron chi connectivity index (χ0n) is 12.3. The maximum atomic E-state index is 10.5. The van der Waals surface area contributed by atoms with Crippen molar-refractivity contribution in [1.82, 2.24) is 4.90 Å². The lowest BCUT2D eigenvalue weighted by molar-refractivity contribution is -0.131. The molecule has 1 aromatic rings. The Morgan fingerprint density at radius 3 is 2.62 bits per heavy atom. The number of aliphatic carboxylic acids is 1. The Morgan fingerprint density at radius 2 is 2.05 bits per heavy atom. The van der Waals surface area contributed by atoms with Crippen LogP contribution in [0.15, 0.2) is 28.7 Å². The van der Waals surface area contributed by atoms with Gasteiger partial charge in [-0.2, -0.15) is 0 Å². The van der Waals surface area contributed by atoms with E-state index in [1.54, 1.807) is 6.08 Å². The predicted molar refractivity (Wildman–Crippen MR) is 89.8 cm³/mol. The average Bonchev–Trinajstić information content (AvgIpc) is 2.47. The predicted octanol–water partition coefficient (Wildman–Crippen LogP) is 3.08. The van der Waals surface area contributed by atoms with Gasteiger partial charge in [0.1, 0.15) is 0 Å². The molecule has 0 unspecified atom stereocenters. The van der Waals surface area contributed by atoms with E-state index in [-0.39, 0.29) is 0 Å². The summed E-state index contributed by atoms with van der Waals surface area (Å²) in [4.78, 5) is 15.4. The fourth-order valence-electron chi connectivity index (χ4n) is 2.58. The number of nitrogens with zero attached hydrogens (tertiary/aromatic N) is 2. The van der Waals surface area contributed by atoms with Gasteiger partial charge in [-0.3, -0.25) is 4.90 Å². The third-order valence-corrected chi connectivity index (χ3v) is 4.28. The van der Waals surface area contributed by atoms with Crippen molar-refractivity contribution in [2.75, 3.05) is 37.6 Å². The van der Waals surface area contributed by atoms with Crippen molar-refractivity contribution < 1.29 is 9.90 Å². The number of carbonyl (C=O) groups is 1. The second kappa shape index (κ2) is 7.61. The summed E-state index contributed by atoms with van der Waals surface area (Å²) in [6.45, 7) is 7.65. The molecular weight excluding hydrogens is 332 g/mol. The van der Waals surface area contributed by atoms with Crippen LogP contribution in [0.3, 0.4) is 0 Å². The molecule has 1 aromatic carbocycles. The molecule has 0 atom stereocenters. The lowest BCUT2D eigenvalue weighted by atomic mass is 10.1. The van der Waals surface area contributed by atoms with Gasteiger partial charge in [-0.1, -0.05) is 13.0 Å². The van der Waals surface area contributed by atoms with Crippen molar-refractivity contribution in [3.8, 4) is 0 Å². The molecule has 114 valence electrons. The molecule has 21 heavy (non-hydrogen) atoms. The van der Waals surface area contributed by atoms with E-state index in [2.05, 4.69) is 38.7 Å². The van der Waals surface area contributed by atoms with E-state index in [0.717, 1.165) is 42.3 Å². The van der Waals surface area contributed by atoms with Gasteiger partial charge >= 0.3 is 5.97 Å². The number of rotatable bonds is 5. The molecule has 0 spiro atoms. The Hall–Kier alpha value is -1.33. The SMILES string of the molecule is CCCN1CCN(c2ccc(/C=C/C(=O)O)cc2Br)CC1. The fourth-order valence-corrected chi connectivity index (χ4v) is 3.23. The van der Waals surface area contributed by atoms with Crippen molar-refractivity contribution in [3.63, 3.8) is 0 Å². The largest absolute Gasteiger partial charge is 0.478 e. The number of benzene rings is 1. The molecular formula is C16H21BrN2O2. The molecule has 0 saturated carbocycles. The van der Waals surface area contributed by atoms with Gasteiger partial charge in [0.25, 0.3) is 0 Å². The molecule has 1 aliphatic rings. The van der Waals surface area contributed by atoms with Crippen LogP contribution in [0.25, 0.3) is 6.08 Å². The topological polar surface area (TPSA) is 43.8 Å². The summed E-state index contributed by atoms with van der Waals surface area (Å²) in [6.07, 6.45) is 3.97. The van der Waals surface area contributed by atoms with Gasteiger partial charge in [-0.05, 0) is 52.7 Å². The zero-order chi connectivity index (χ0) is 15.2. The molecule has 0 aromatic heterocycles. The van der Waals surface area contributed by atoms with Crippen LogP contribution in [0.1, 0.15) is 18.9 Å². The highest BCUT2D eigenvalue weighted by molar-refractivity contribution is 9.10. The number of piperazine rings is 1. The standard InChI is InChI=1S/C16H21BrN2O2/c1-2-7-18-8-10-19(11-9-18)15-5-3-13(12-14(15)17)4-6-16(20)21/h3-6,12H,2,7-11H2,1H3,(H,20,21)/b6-4+. The first-order valence-electron chi connectivity index (χ1n) is 7.28. The minimum Gasteiger partial charge on any atom is -0.478 e. The molecule has 4 nitrogen and oxygen atoms in total. The first-order chi connectivity index (χ1) is 10.1. The number of hydrogen-bond donors (Lipinski definition) is 1. The summed E-state index contributed by atoms with van der Waals surface area (Å²) in [6, 6.07) is 5.98. The molecule has 0 radical (unpaired) electrons. The van der Waals surface area contributed by atoms with Crippen molar-refractivity contribution >= 4 is 33.7 Å². The summed E-state index contributed by atoms with van der Waals surface area (Å²) in [5.41, 5.74) is 2.07. The summed E-state index contributed by atoms with van der Waals surface area (Å²) >= 11 is 3.60. The van der Waals surface area contributed by atoms with Crippen LogP contribution in [0, 0.1) is 0 Å². The lowest BCUT2D eigenvalue weighted by Crippen LogP contribution is -2.46. The summed E-state index contributed by atoms with van der Waals surface area (Å²) in [5.74, 6) is -0.928. The van der Waals surface area contributed by atoms with Gasteiger partial charge in [-0.15, -0.1) is 0 Å². The van der Waals surface area contributed by atoms with Crippen LogP contribution < -0.4 is 4.90 Å². The van der Waals surface area contributed by atoms with Crippen LogP contribution in [-0.2, 0) is 4.79 Å². The van der Waals surface area contributed by atoms with Crippen molar-refractivity contribution in [2.45, 2.75) is 13.3 Å². The van der Waals surface area contributed by atoms with E-state index in [9.17, 15) is 4.79 Å². The van der Waals surface area contributed by atoms with Crippen LogP contribution in [-0.4, -0.2) is 48.7 Å². The Labute approximate surface area is 134 Å². The quantitative estimate of drug-likeness (QED) is 0.827. The van der Waals surface area contributed by atoms with Crippen LogP contribution >= 0.6 is 15.9 Å². The third kappa shape index (κ3) is 4.58. The van der Waals surface area contributed by atoms with Crippen LogP contribution in [0.5, 0.6) is 0 Å². The highest BCUT2D eigenvalue weighted by atomic mass is 79.9. The normalized spacial score (nSPS) is 16.6. The Bertz CT molecular complexity index is 523.